The van der Waals surface area contributed by atoms with Crippen LogP contribution in [0.3, 0.4) is 0 Å². The Morgan fingerprint density at radius 1 is 1.21 bits per heavy atom. The number of nitrogens with one attached hydrogen (secondary N) is 1. The van der Waals surface area contributed by atoms with Gasteiger partial charge in [-0.25, -0.2) is 13.6 Å². The molecule has 128 valence electrons. The molecule has 2 aromatic carbocycles. The van der Waals surface area contributed by atoms with Crippen molar-refractivity contribution in [2.45, 2.75) is 24.3 Å². The lowest BCUT2D eigenvalue weighted by atomic mass is 10.1. The maximum absolute atomic E-state index is 12.1. The third-order valence-corrected chi connectivity index (χ3v) is 4.50. The molecule has 0 heterocycles. The number of benzene rings is 2. The van der Waals surface area contributed by atoms with E-state index in [1.165, 1.54) is 12.1 Å². The van der Waals surface area contributed by atoms with Gasteiger partial charge in [-0.3, -0.25) is 4.79 Å². The van der Waals surface area contributed by atoms with Gasteiger partial charge >= 0.3 is 0 Å². The molecule has 0 bridgehead atoms. The molecule has 0 aliphatic heterocycles. The molecule has 2 aromatic rings. The highest BCUT2D eigenvalue weighted by molar-refractivity contribution is 7.89. The van der Waals surface area contributed by atoms with Crippen LogP contribution in [0.15, 0.2) is 53.4 Å². The Morgan fingerprint density at radius 3 is 2.46 bits per heavy atom. The summed E-state index contributed by atoms with van der Waals surface area (Å²) >= 11 is 0. The second kappa shape index (κ2) is 7.46. The Morgan fingerprint density at radius 2 is 1.88 bits per heavy atom. The first-order valence-electron chi connectivity index (χ1n) is 7.34. The van der Waals surface area contributed by atoms with E-state index in [-0.39, 0.29) is 23.3 Å². The SMILES string of the molecule is COc1ccc(CC(=O)NC(C)c2cccc(S(N)(=O)=O)c2)cc1. The number of ether oxygens (including phenoxy) is 1. The van der Waals surface area contributed by atoms with Gasteiger partial charge in [0.15, 0.2) is 0 Å². The van der Waals surface area contributed by atoms with E-state index >= 15 is 0 Å². The van der Waals surface area contributed by atoms with Gasteiger partial charge in [-0.2, -0.15) is 0 Å². The molecule has 1 unspecified atom stereocenters. The van der Waals surface area contributed by atoms with Gasteiger partial charge in [-0.1, -0.05) is 24.3 Å². The van der Waals surface area contributed by atoms with Crippen molar-refractivity contribution in [3.8, 4) is 5.75 Å². The molecule has 0 aromatic heterocycles. The first-order valence-corrected chi connectivity index (χ1v) is 8.89. The van der Waals surface area contributed by atoms with Crippen LogP contribution in [-0.4, -0.2) is 21.4 Å². The molecule has 0 fully saturated rings. The van der Waals surface area contributed by atoms with Gasteiger partial charge in [0.2, 0.25) is 15.9 Å². The van der Waals surface area contributed by atoms with Crippen molar-refractivity contribution in [3.63, 3.8) is 0 Å². The van der Waals surface area contributed by atoms with Gasteiger partial charge in [-0.15, -0.1) is 0 Å². The zero-order valence-electron chi connectivity index (χ0n) is 13.5. The Hall–Kier alpha value is -2.38. The molecule has 2 rings (SSSR count). The molecule has 3 N–H and O–H groups in total. The molecule has 0 saturated carbocycles. The lowest BCUT2D eigenvalue weighted by molar-refractivity contribution is -0.121. The van der Waals surface area contributed by atoms with Crippen molar-refractivity contribution in [1.82, 2.24) is 5.32 Å². The van der Waals surface area contributed by atoms with Crippen molar-refractivity contribution in [2.75, 3.05) is 7.11 Å². The van der Waals surface area contributed by atoms with Gasteiger partial charge < -0.3 is 10.1 Å². The van der Waals surface area contributed by atoms with Crippen LogP contribution >= 0.6 is 0 Å². The smallest absolute Gasteiger partial charge is 0.238 e. The minimum Gasteiger partial charge on any atom is -0.497 e. The fourth-order valence-electron chi connectivity index (χ4n) is 2.27. The Labute approximate surface area is 141 Å². The first kappa shape index (κ1) is 18.0. The van der Waals surface area contributed by atoms with Crippen molar-refractivity contribution in [2.24, 2.45) is 5.14 Å². The predicted molar refractivity (Wildman–Crippen MR) is 91.1 cm³/mol. The number of rotatable bonds is 6. The number of carbonyl (C=O) groups is 1. The number of sulfonamides is 1. The standard InChI is InChI=1S/C17H20N2O4S/c1-12(14-4-3-5-16(11-14)24(18,21)22)19-17(20)10-13-6-8-15(23-2)9-7-13/h3-9,11-12H,10H2,1-2H3,(H,19,20)(H2,18,21,22). The first-order chi connectivity index (χ1) is 11.3. The highest BCUT2D eigenvalue weighted by Crippen LogP contribution is 2.17. The lowest BCUT2D eigenvalue weighted by Crippen LogP contribution is -2.28. The van der Waals surface area contributed by atoms with Crippen LogP contribution in [0.1, 0.15) is 24.1 Å². The summed E-state index contributed by atoms with van der Waals surface area (Å²) < 4.78 is 27.9. The Kier molecular flexibility index (Phi) is 5.58. The van der Waals surface area contributed by atoms with Crippen molar-refractivity contribution >= 4 is 15.9 Å². The third-order valence-electron chi connectivity index (χ3n) is 3.59. The van der Waals surface area contributed by atoms with Crippen LogP contribution in [0.2, 0.25) is 0 Å². The second-order valence-electron chi connectivity index (χ2n) is 5.43. The van der Waals surface area contributed by atoms with Crippen LogP contribution in [-0.2, 0) is 21.2 Å². The van der Waals surface area contributed by atoms with E-state index in [1.54, 1.807) is 38.3 Å². The average molecular weight is 348 g/mol. The number of methoxy groups -OCH3 is 1. The van der Waals surface area contributed by atoms with E-state index in [4.69, 9.17) is 9.88 Å². The van der Waals surface area contributed by atoms with Crippen molar-refractivity contribution in [1.29, 1.82) is 0 Å². The third kappa shape index (κ3) is 4.81. The summed E-state index contributed by atoms with van der Waals surface area (Å²) in [6.45, 7) is 1.79. The maximum atomic E-state index is 12.1. The van der Waals surface area contributed by atoms with Crippen molar-refractivity contribution in [3.05, 3.63) is 59.7 Å². The lowest BCUT2D eigenvalue weighted by Gasteiger charge is -2.15. The molecular weight excluding hydrogens is 328 g/mol. The maximum Gasteiger partial charge on any atom is 0.238 e. The van der Waals surface area contributed by atoms with E-state index in [2.05, 4.69) is 5.32 Å². The Balaban J connectivity index is 2.03. The number of nitrogens with two attached hydrogens (primary N) is 1. The highest BCUT2D eigenvalue weighted by Gasteiger charge is 2.13. The van der Waals surface area contributed by atoms with E-state index in [1.807, 2.05) is 12.1 Å². The normalized spacial score (nSPS) is 12.5. The minimum absolute atomic E-state index is 0.0243. The number of hydrogen-bond acceptors (Lipinski definition) is 4. The summed E-state index contributed by atoms with van der Waals surface area (Å²) in [7, 11) is -2.18. The van der Waals surface area contributed by atoms with Crippen LogP contribution in [0.4, 0.5) is 0 Å². The second-order valence-corrected chi connectivity index (χ2v) is 6.99. The summed E-state index contributed by atoms with van der Waals surface area (Å²) in [5.74, 6) is 0.570. The molecular formula is C17H20N2O4S. The summed E-state index contributed by atoms with van der Waals surface area (Å²) in [5, 5.41) is 7.97. The average Bonchev–Trinajstić information content (AvgIpc) is 2.54. The Bertz CT molecular complexity index is 817. The molecule has 0 spiro atoms. The number of amides is 1. The molecule has 1 atom stereocenters. The minimum atomic E-state index is -3.77. The summed E-state index contributed by atoms with van der Waals surface area (Å²) in [6.07, 6.45) is 0.225. The molecule has 7 heteroatoms. The number of carbonyl (C=O) groups excluding carboxylic acids is 1. The molecule has 24 heavy (non-hydrogen) atoms. The van der Waals surface area contributed by atoms with Gasteiger partial charge in [0.25, 0.3) is 0 Å². The fraction of sp³-hybridized carbons (Fsp3) is 0.235. The van der Waals surface area contributed by atoms with E-state index in [0.29, 0.717) is 5.56 Å². The number of primary sulfonamides is 1. The topological polar surface area (TPSA) is 98.5 Å². The quantitative estimate of drug-likeness (QED) is 0.831. The van der Waals surface area contributed by atoms with Crippen LogP contribution in [0.5, 0.6) is 5.75 Å². The molecule has 0 radical (unpaired) electrons. The summed E-state index contributed by atoms with van der Waals surface area (Å²) in [5.41, 5.74) is 1.53. The van der Waals surface area contributed by atoms with E-state index < -0.39 is 10.0 Å². The van der Waals surface area contributed by atoms with Gasteiger partial charge in [0.1, 0.15) is 5.75 Å². The van der Waals surface area contributed by atoms with Gasteiger partial charge in [0.05, 0.1) is 24.5 Å². The summed E-state index contributed by atoms with van der Waals surface area (Å²) in [6, 6.07) is 13.1. The summed E-state index contributed by atoms with van der Waals surface area (Å²) in [4.78, 5) is 12.2. The fourth-order valence-corrected chi connectivity index (χ4v) is 2.83. The molecule has 1 amide bonds. The largest absolute Gasteiger partial charge is 0.497 e. The zero-order valence-corrected chi connectivity index (χ0v) is 14.3. The number of hydrogen-bond donors (Lipinski definition) is 2. The van der Waals surface area contributed by atoms with Crippen LogP contribution in [0, 0.1) is 0 Å². The molecule has 0 aliphatic rings. The molecule has 0 saturated heterocycles. The van der Waals surface area contributed by atoms with E-state index in [0.717, 1.165) is 11.3 Å². The monoisotopic (exact) mass is 348 g/mol. The molecule has 6 nitrogen and oxygen atoms in total. The van der Waals surface area contributed by atoms with Gasteiger partial charge in [-0.05, 0) is 42.3 Å². The van der Waals surface area contributed by atoms with Crippen LogP contribution in [0.25, 0.3) is 0 Å². The highest BCUT2D eigenvalue weighted by atomic mass is 32.2. The molecule has 0 aliphatic carbocycles. The van der Waals surface area contributed by atoms with E-state index in [9.17, 15) is 13.2 Å². The predicted octanol–water partition coefficient (Wildman–Crippen LogP) is 1.76. The zero-order chi connectivity index (χ0) is 17.7. The van der Waals surface area contributed by atoms with Crippen molar-refractivity contribution < 1.29 is 17.9 Å². The van der Waals surface area contributed by atoms with Crippen LogP contribution < -0.4 is 15.2 Å². The van der Waals surface area contributed by atoms with Gasteiger partial charge in [0, 0.05) is 0 Å².